The van der Waals surface area contributed by atoms with Crippen molar-refractivity contribution in [3.63, 3.8) is 0 Å². The highest BCUT2D eigenvalue weighted by Crippen LogP contribution is 2.14. The van der Waals surface area contributed by atoms with Crippen molar-refractivity contribution in [2.75, 3.05) is 0 Å². The third kappa shape index (κ3) is 3.50. The van der Waals surface area contributed by atoms with Crippen LogP contribution in [0.5, 0.6) is 0 Å². The molecule has 0 saturated heterocycles. The highest BCUT2D eigenvalue weighted by atomic mass is 16.7. The molecule has 0 aromatic heterocycles. The Labute approximate surface area is 74.8 Å². The monoisotopic (exact) mass is 185 g/mol. The van der Waals surface area contributed by atoms with Crippen molar-refractivity contribution in [1.82, 2.24) is 5.43 Å². The first-order valence-corrected chi connectivity index (χ1v) is 3.98. The molecule has 0 atom stereocenters. The molecule has 0 spiro atoms. The maximum Gasteiger partial charge on any atom is 0.275 e. The molecule has 0 aromatic rings. The van der Waals surface area contributed by atoms with Crippen molar-refractivity contribution in [1.29, 1.82) is 0 Å². The first-order valence-electron chi connectivity index (χ1n) is 3.98. The maximum atomic E-state index is 9.89. The van der Waals surface area contributed by atoms with E-state index in [-0.39, 0.29) is 5.96 Å². The van der Waals surface area contributed by atoms with Crippen LogP contribution in [0.25, 0.3) is 0 Å². The van der Waals surface area contributed by atoms with E-state index in [1.807, 2.05) is 0 Å². The molecule has 0 aliphatic heterocycles. The van der Waals surface area contributed by atoms with Gasteiger partial charge in [-0.3, -0.25) is 0 Å². The third-order valence-electron chi connectivity index (χ3n) is 1.69. The average Bonchev–Trinajstić information content (AvgIpc) is 2.51. The molecule has 1 aliphatic carbocycles. The van der Waals surface area contributed by atoms with Crippen LogP contribution >= 0.6 is 0 Å². The Balaban J connectivity index is 2.45. The maximum absolute atomic E-state index is 9.89. The van der Waals surface area contributed by atoms with E-state index in [9.17, 15) is 10.1 Å². The van der Waals surface area contributed by atoms with Gasteiger partial charge in [0.15, 0.2) is 5.03 Å². The zero-order valence-electron chi connectivity index (χ0n) is 7.06. The fraction of sp³-hybridized carbons (Fsp3) is 0.667. The Hall–Kier alpha value is -1.66. The number of nitrogens with one attached hydrogen (secondary N) is 1. The van der Waals surface area contributed by atoms with E-state index in [0.717, 1.165) is 31.4 Å². The summed E-state index contributed by atoms with van der Waals surface area (Å²) in [4.78, 5) is 9.89. The number of guanidine groups is 1. The first-order chi connectivity index (χ1) is 6.18. The second-order valence-electron chi connectivity index (χ2n) is 2.73. The lowest BCUT2D eigenvalue weighted by molar-refractivity contribution is -0.525. The third-order valence-corrected chi connectivity index (χ3v) is 1.69. The molecule has 13 heavy (non-hydrogen) atoms. The molecule has 3 N–H and O–H groups in total. The number of nitro groups is 1. The number of nitrogens with zero attached hydrogens (tertiary/aromatic N) is 3. The van der Waals surface area contributed by atoms with Gasteiger partial charge in [0.05, 0.1) is 0 Å². The molecule has 0 aromatic carbocycles. The highest BCUT2D eigenvalue weighted by molar-refractivity contribution is 5.87. The van der Waals surface area contributed by atoms with E-state index < -0.39 is 5.03 Å². The largest absolute Gasteiger partial charge is 0.364 e. The molecular formula is C6H11N5O2. The summed E-state index contributed by atoms with van der Waals surface area (Å²) < 4.78 is 0. The molecule has 1 fully saturated rings. The smallest absolute Gasteiger partial charge is 0.275 e. The minimum atomic E-state index is -0.770. The summed E-state index contributed by atoms with van der Waals surface area (Å²) >= 11 is 0. The van der Waals surface area contributed by atoms with Gasteiger partial charge in [-0.1, -0.05) is 5.43 Å². The number of hydrogen-bond acceptors (Lipinski definition) is 4. The predicted octanol–water partition coefficient (Wildman–Crippen LogP) is 0.0124. The first kappa shape index (κ1) is 9.43. The Morgan fingerprint density at radius 2 is 2.15 bits per heavy atom. The van der Waals surface area contributed by atoms with E-state index in [1.165, 1.54) is 0 Å². The summed E-state index contributed by atoms with van der Waals surface area (Å²) in [5, 5.41) is 16.4. The van der Waals surface area contributed by atoms with Crippen LogP contribution in [0, 0.1) is 10.1 Å². The van der Waals surface area contributed by atoms with Crippen LogP contribution in [0.3, 0.4) is 0 Å². The summed E-state index contributed by atoms with van der Waals surface area (Å²) in [5.41, 5.74) is 7.80. The van der Waals surface area contributed by atoms with Crippen molar-refractivity contribution < 1.29 is 5.03 Å². The molecule has 1 rings (SSSR count). The number of hydrazine groups is 1. The van der Waals surface area contributed by atoms with Crippen molar-refractivity contribution in [3.05, 3.63) is 10.1 Å². The lowest BCUT2D eigenvalue weighted by Gasteiger charge is -1.92. The highest BCUT2D eigenvalue weighted by Gasteiger charge is 2.07. The van der Waals surface area contributed by atoms with Crippen LogP contribution in [0.2, 0.25) is 0 Å². The average molecular weight is 185 g/mol. The van der Waals surface area contributed by atoms with E-state index in [1.54, 1.807) is 5.43 Å². The van der Waals surface area contributed by atoms with Gasteiger partial charge in [-0.2, -0.15) is 5.10 Å². The van der Waals surface area contributed by atoms with Crippen LogP contribution in [0.1, 0.15) is 25.7 Å². The molecule has 1 aliphatic rings. The van der Waals surface area contributed by atoms with Gasteiger partial charge in [-0.05, 0) is 25.7 Å². The molecule has 0 heterocycles. The van der Waals surface area contributed by atoms with Crippen LogP contribution < -0.4 is 11.2 Å². The van der Waals surface area contributed by atoms with Gasteiger partial charge in [0.1, 0.15) is 0 Å². The Bertz CT molecular complexity index is 252. The fourth-order valence-corrected chi connectivity index (χ4v) is 1.12. The second-order valence-corrected chi connectivity index (χ2v) is 2.73. The molecule has 7 heteroatoms. The molecule has 0 unspecified atom stereocenters. The van der Waals surface area contributed by atoms with Gasteiger partial charge in [0, 0.05) is 5.71 Å². The normalized spacial score (nSPS) is 17.2. The standard InChI is InChI=1S/C6H11N5O2/c7-6(10-11(12)13)9-8-5-3-1-2-4-5/h1-4H2,(H3,7,9,10). The SMILES string of the molecule is N/C(=N/N=C1CCCC1)N[N+](=O)[O-]. The van der Waals surface area contributed by atoms with E-state index in [0.29, 0.717) is 0 Å². The number of nitrogens with two attached hydrogens (primary N) is 1. The zero-order valence-corrected chi connectivity index (χ0v) is 7.06. The van der Waals surface area contributed by atoms with Gasteiger partial charge >= 0.3 is 0 Å². The zero-order chi connectivity index (χ0) is 9.68. The van der Waals surface area contributed by atoms with E-state index >= 15 is 0 Å². The number of rotatable bonds is 2. The quantitative estimate of drug-likeness (QED) is 0.273. The molecule has 72 valence electrons. The topological polar surface area (TPSA) is 106 Å². The molecular weight excluding hydrogens is 174 g/mol. The van der Waals surface area contributed by atoms with Crippen molar-refractivity contribution in [3.8, 4) is 0 Å². The van der Waals surface area contributed by atoms with Gasteiger partial charge in [0.25, 0.3) is 5.96 Å². The van der Waals surface area contributed by atoms with Crippen molar-refractivity contribution in [2.45, 2.75) is 25.7 Å². The van der Waals surface area contributed by atoms with Gasteiger partial charge < -0.3 is 5.73 Å². The molecule has 1 saturated carbocycles. The minimum absolute atomic E-state index is 0.288. The van der Waals surface area contributed by atoms with Crippen molar-refractivity contribution in [2.24, 2.45) is 15.9 Å². The van der Waals surface area contributed by atoms with Gasteiger partial charge in [0.2, 0.25) is 0 Å². The lowest BCUT2D eigenvalue weighted by atomic mass is 10.3. The van der Waals surface area contributed by atoms with Crippen LogP contribution in [-0.4, -0.2) is 16.7 Å². The van der Waals surface area contributed by atoms with Gasteiger partial charge in [-0.25, -0.2) is 10.1 Å². The summed E-state index contributed by atoms with van der Waals surface area (Å²) in [5.74, 6) is -0.288. The predicted molar refractivity (Wildman–Crippen MR) is 47.7 cm³/mol. The Kier molecular flexibility index (Phi) is 3.18. The Morgan fingerprint density at radius 1 is 1.54 bits per heavy atom. The fourth-order valence-electron chi connectivity index (χ4n) is 1.12. The number of hydrogen-bond donors (Lipinski definition) is 2. The van der Waals surface area contributed by atoms with E-state index in [2.05, 4.69) is 10.2 Å². The summed E-state index contributed by atoms with van der Waals surface area (Å²) in [6, 6.07) is 0. The summed E-state index contributed by atoms with van der Waals surface area (Å²) in [6.45, 7) is 0. The van der Waals surface area contributed by atoms with Crippen LogP contribution in [-0.2, 0) is 0 Å². The second kappa shape index (κ2) is 4.39. The van der Waals surface area contributed by atoms with Crippen LogP contribution in [0.15, 0.2) is 10.2 Å². The van der Waals surface area contributed by atoms with E-state index in [4.69, 9.17) is 5.73 Å². The van der Waals surface area contributed by atoms with Gasteiger partial charge in [-0.15, -0.1) is 5.10 Å². The molecule has 0 bridgehead atoms. The molecule has 0 amide bonds. The lowest BCUT2D eigenvalue weighted by Crippen LogP contribution is -2.35. The summed E-state index contributed by atoms with van der Waals surface area (Å²) in [7, 11) is 0. The summed E-state index contributed by atoms with van der Waals surface area (Å²) in [6.07, 6.45) is 4.04. The van der Waals surface area contributed by atoms with Crippen LogP contribution in [0.4, 0.5) is 0 Å². The molecule has 7 nitrogen and oxygen atoms in total. The minimum Gasteiger partial charge on any atom is -0.364 e. The molecule has 0 radical (unpaired) electrons. The Morgan fingerprint density at radius 3 is 2.69 bits per heavy atom. The van der Waals surface area contributed by atoms with Crippen molar-refractivity contribution >= 4 is 11.7 Å².